The van der Waals surface area contributed by atoms with Crippen LogP contribution in [0.1, 0.15) is 78.1 Å². The van der Waals surface area contributed by atoms with Gasteiger partial charge in [-0.1, -0.05) is 58.3 Å². The molecule has 0 saturated carbocycles. The second-order valence-corrected chi connectivity index (χ2v) is 9.52. The lowest BCUT2D eigenvalue weighted by atomic mass is 9.83. The molecule has 7 heteroatoms. The minimum atomic E-state index is -3.17. The first kappa shape index (κ1) is 26.3. The Morgan fingerprint density at radius 2 is 1.37 bits per heavy atom. The van der Waals surface area contributed by atoms with Gasteiger partial charge < -0.3 is 13.8 Å². The first-order valence-electron chi connectivity index (χ1n) is 10.1. The Bertz CT molecular complexity index is 457. The van der Waals surface area contributed by atoms with Crippen molar-refractivity contribution in [2.75, 3.05) is 27.5 Å². The lowest BCUT2D eigenvalue weighted by Crippen LogP contribution is -2.31. The molecule has 0 saturated heterocycles. The summed E-state index contributed by atoms with van der Waals surface area (Å²) in [5.74, 6) is -1.76. The monoisotopic (exact) mass is 406 g/mol. The highest BCUT2D eigenvalue weighted by atomic mass is 31.2. The number of esters is 1. The molecule has 160 valence electrons. The molecule has 1 unspecified atom stereocenters. The summed E-state index contributed by atoms with van der Waals surface area (Å²) in [4.78, 5) is 24.2. The van der Waals surface area contributed by atoms with E-state index in [2.05, 4.69) is 6.92 Å². The number of ether oxygens (including phenoxy) is 1. The molecule has 0 radical (unpaired) electrons. The van der Waals surface area contributed by atoms with Gasteiger partial charge in [0, 0.05) is 14.2 Å². The molecule has 2 atom stereocenters. The van der Waals surface area contributed by atoms with Gasteiger partial charge in [0.1, 0.15) is 11.7 Å². The molecule has 0 aromatic carbocycles. The third-order valence-corrected chi connectivity index (χ3v) is 7.04. The fraction of sp³-hybridized carbons (Fsp3) is 0.900. The van der Waals surface area contributed by atoms with Crippen LogP contribution in [0, 0.1) is 11.8 Å². The first-order chi connectivity index (χ1) is 12.8. The Labute approximate surface area is 165 Å². The molecule has 0 aromatic rings. The molecule has 0 spiro atoms. The molecular formula is C20H39O6P. The Hall–Kier alpha value is -0.710. The molecule has 0 aliphatic carbocycles. The summed E-state index contributed by atoms with van der Waals surface area (Å²) in [5.41, 5.74) is 0. The maximum atomic E-state index is 12.3. The van der Waals surface area contributed by atoms with Crippen molar-refractivity contribution in [2.24, 2.45) is 11.8 Å². The number of carbonyl (C=O) groups excluding carboxylic acids is 2. The van der Waals surface area contributed by atoms with Crippen molar-refractivity contribution in [3.8, 4) is 0 Å². The average molecular weight is 407 g/mol. The third kappa shape index (κ3) is 11.0. The second kappa shape index (κ2) is 15.2. The topological polar surface area (TPSA) is 78.9 Å². The largest absolute Gasteiger partial charge is 0.468 e. The third-order valence-electron chi connectivity index (χ3n) is 5.12. The van der Waals surface area contributed by atoms with Gasteiger partial charge in [-0.3, -0.25) is 14.2 Å². The molecule has 0 fully saturated rings. The molecule has 0 heterocycles. The van der Waals surface area contributed by atoms with Gasteiger partial charge in [0.05, 0.1) is 13.3 Å². The number of Topliss-reactive ketones (excluding diaryl/α,β-unsaturated/α-hetero) is 1. The van der Waals surface area contributed by atoms with Crippen molar-refractivity contribution in [1.82, 2.24) is 0 Å². The van der Waals surface area contributed by atoms with E-state index < -0.39 is 19.5 Å². The highest BCUT2D eigenvalue weighted by Crippen LogP contribution is 2.48. The van der Waals surface area contributed by atoms with E-state index in [1.54, 1.807) is 0 Å². The number of hydrogen-bond donors (Lipinski definition) is 0. The van der Waals surface area contributed by atoms with E-state index in [1.165, 1.54) is 60.4 Å². The zero-order valence-electron chi connectivity index (χ0n) is 17.8. The minimum Gasteiger partial charge on any atom is -0.468 e. The highest BCUT2D eigenvalue weighted by Gasteiger charge is 2.34. The molecular weight excluding hydrogens is 367 g/mol. The van der Waals surface area contributed by atoms with Gasteiger partial charge in [-0.2, -0.15) is 0 Å². The van der Waals surface area contributed by atoms with Crippen LogP contribution in [-0.4, -0.2) is 39.2 Å². The molecule has 0 aliphatic rings. The van der Waals surface area contributed by atoms with Gasteiger partial charge in [0.15, 0.2) is 0 Å². The molecule has 0 amide bonds. The summed E-state index contributed by atoms with van der Waals surface area (Å²) in [5, 5.41) is 0. The van der Waals surface area contributed by atoms with E-state index in [1.807, 2.05) is 0 Å². The molecule has 0 aliphatic heterocycles. The van der Waals surface area contributed by atoms with Crippen LogP contribution in [0.3, 0.4) is 0 Å². The lowest BCUT2D eigenvalue weighted by molar-refractivity contribution is -0.151. The maximum absolute atomic E-state index is 12.3. The average Bonchev–Trinajstić information content (AvgIpc) is 2.66. The molecule has 27 heavy (non-hydrogen) atoms. The SMILES string of the molecule is CCCCCCCCCC[C@H](CCP(=O)(OC)OC)C(C(C)=O)C(=O)OC. The van der Waals surface area contributed by atoms with Gasteiger partial charge in [-0.25, -0.2) is 0 Å². The van der Waals surface area contributed by atoms with Crippen molar-refractivity contribution in [3.63, 3.8) is 0 Å². The van der Waals surface area contributed by atoms with Crippen LogP contribution in [0.15, 0.2) is 0 Å². The predicted octanol–water partition coefficient (Wildman–Crippen LogP) is 5.39. The fourth-order valence-electron chi connectivity index (χ4n) is 3.42. The van der Waals surface area contributed by atoms with E-state index in [-0.39, 0.29) is 17.9 Å². The van der Waals surface area contributed by atoms with Crippen LogP contribution in [-0.2, 0) is 27.9 Å². The van der Waals surface area contributed by atoms with E-state index in [9.17, 15) is 14.2 Å². The van der Waals surface area contributed by atoms with Crippen LogP contribution in [0.25, 0.3) is 0 Å². The summed E-state index contributed by atoms with van der Waals surface area (Å²) < 4.78 is 27.1. The minimum absolute atomic E-state index is 0.183. The van der Waals surface area contributed by atoms with Crippen molar-refractivity contribution in [3.05, 3.63) is 0 Å². The summed E-state index contributed by atoms with van der Waals surface area (Å²) >= 11 is 0. The Balaban J connectivity index is 4.71. The second-order valence-electron chi connectivity index (χ2n) is 7.12. The number of unbranched alkanes of at least 4 members (excludes halogenated alkanes) is 7. The van der Waals surface area contributed by atoms with Crippen molar-refractivity contribution in [1.29, 1.82) is 0 Å². The van der Waals surface area contributed by atoms with Crippen molar-refractivity contribution >= 4 is 19.3 Å². The molecule has 6 nitrogen and oxygen atoms in total. The Morgan fingerprint density at radius 3 is 1.81 bits per heavy atom. The van der Waals surface area contributed by atoms with E-state index >= 15 is 0 Å². The Kier molecular flexibility index (Phi) is 14.8. The van der Waals surface area contributed by atoms with E-state index in [0.29, 0.717) is 6.42 Å². The van der Waals surface area contributed by atoms with E-state index in [0.717, 1.165) is 25.7 Å². The molecule has 0 rings (SSSR count). The van der Waals surface area contributed by atoms with E-state index in [4.69, 9.17) is 13.8 Å². The molecule has 0 N–H and O–H groups in total. The van der Waals surface area contributed by atoms with Crippen LogP contribution >= 0.6 is 7.60 Å². The molecule has 0 aromatic heterocycles. The zero-order valence-corrected chi connectivity index (χ0v) is 18.7. The maximum Gasteiger partial charge on any atom is 0.330 e. The van der Waals surface area contributed by atoms with Crippen LogP contribution < -0.4 is 0 Å². The normalized spacial score (nSPS) is 14.0. The fourth-order valence-corrected chi connectivity index (χ4v) is 4.58. The Morgan fingerprint density at radius 1 is 0.852 bits per heavy atom. The van der Waals surface area contributed by atoms with Crippen molar-refractivity contribution in [2.45, 2.75) is 78.1 Å². The first-order valence-corrected chi connectivity index (χ1v) is 11.9. The number of methoxy groups -OCH3 is 1. The van der Waals surface area contributed by atoms with Crippen LogP contribution in [0.4, 0.5) is 0 Å². The summed E-state index contributed by atoms with van der Waals surface area (Å²) in [6.45, 7) is 3.62. The van der Waals surface area contributed by atoms with Gasteiger partial charge in [0.2, 0.25) is 0 Å². The lowest BCUT2D eigenvalue weighted by Gasteiger charge is -2.24. The number of hydrogen-bond acceptors (Lipinski definition) is 6. The predicted molar refractivity (Wildman–Crippen MR) is 108 cm³/mol. The smallest absolute Gasteiger partial charge is 0.330 e. The summed E-state index contributed by atoms with van der Waals surface area (Å²) in [7, 11) is 0.820. The standard InChI is InChI=1S/C20H39O6P/c1-6-7-8-9-10-11-12-13-14-18(15-16-27(23,25-4)26-5)19(17(2)21)20(22)24-3/h18-19H,6-16H2,1-5H3/t18-,19?/m1/s1. The van der Waals surface area contributed by atoms with Gasteiger partial charge in [-0.15, -0.1) is 0 Å². The zero-order chi connectivity index (χ0) is 20.7. The van der Waals surface area contributed by atoms with Crippen LogP contribution in [0.5, 0.6) is 0 Å². The molecule has 0 bridgehead atoms. The van der Waals surface area contributed by atoms with Gasteiger partial charge in [0.25, 0.3) is 0 Å². The van der Waals surface area contributed by atoms with Crippen LogP contribution in [0.2, 0.25) is 0 Å². The highest BCUT2D eigenvalue weighted by molar-refractivity contribution is 7.53. The summed E-state index contributed by atoms with van der Waals surface area (Å²) in [6, 6.07) is 0. The van der Waals surface area contributed by atoms with Crippen molar-refractivity contribution < 1.29 is 27.9 Å². The van der Waals surface area contributed by atoms with Gasteiger partial charge in [-0.05, 0) is 25.7 Å². The number of ketones is 1. The quantitative estimate of drug-likeness (QED) is 0.139. The summed E-state index contributed by atoms with van der Waals surface area (Å²) in [6.07, 6.45) is 10.8. The number of carbonyl (C=O) groups is 2. The van der Waals surface area contributed by atoms with Gasteiger partial charge >= 0.3 is 13.6 Å². The number of rotatable bonds is 17.